The quantitative estimate of drug-likeness (QED) is 0.314. The normalized spacial score (nSPS) is 14.4. The van der Waals surface area contributed by atoms with Gasteiger partial charge >= 0.3 is 11.9 Å². The summed E-state index contributed by atoms with van der Waals surface area (Å²) in [5.41, 5.74) is 0.745. The first-order valence-electron chi connectivity index (χ1n) is 10.1. The Morgan fingerprint density at radius 1 is 1.24 bits per heavy atom. The molecule has 0 bridgehead atoms. The zero-order valence-electron chi connectivity index (χ0n) is 17.2. The highest BCUT2D eigenvalue weighted by molar-refractivity contribution is 7.99. The molecule has 2 aromatic rings. The number of aromatic nitrogens is 4. The minimum Gasteiger partial charge on any atom is -0.459 e. The van der Waals surface area contributed by atoms with Gasteiger partial charge in [0, 0.05) is 24.9 Å². The van der Waals surface area contributed by atoms with Crippen LogP contribution in [-0.4, -0.2) is 63.1 Å². The molecule has 1 N–H and O–H groups in total. The second-order valence-corrected chi connectivity index (χ2v) is 8.67. The molecular formula is C19H28N6O3S. The lowest BCUT2D eigenvalue weighted by atomic mass is 10.1. The zero-order valence-corrected chi connectivity index (χ0v) is 18.0. The Bertz CT molecular complexity index is 863. The molecule has 1 aliphatic heterocycles. The standard InChI is InChI=1S/C19H28N6O3S/c1-4-28-18(27)17(26)20-8-11-25-16-14(12-21-25)15(24-9-6-5-7-10-24)22-19(23-16)29-13(2)3/h12-13H,4-11H2,1-3H3,(H,20,26). The molecule has 3 rings (SSSR count). The molecule has 0 aliphatic carbocycles. The third kappa shape index (κ3) is 5.37. The summed E-state index contributed by atoms with van der Waals surface area (Å²) < 4.78 is 6.45. The number of nitrogens with zero attached hydrogens (tertiary/aromatic N) is 5. The average Bonchev–Trinajstić information content (AvgIpc) is 3.10. The van der Waals surface area contributed by atoms with Crippen molar-refractivity contribution >= 4 is 40.5 Å². The predicted octanol–water partition coefficient (Wildman–Crippen LogP) is 2.00. The molecular weight excluding hydrogens is 392 g/mol. The fourth-order valence-corrected chi connectivity index (χ4v) is 3.94. The molecule has 1 aliphatic rings. The van der Waals surface area contributed by atoms with Crippen molar-refractivity contribution in [2.75, 3.05) is 31.1 Å². The molecule has 1 fully saturated rings. The van der Waals surface area contributed by atoms with Gasteiger partial charge in [0.15, 0.2) is 10.8 Å². The maximum Gasteiger partial charge on any atom is 0.396 e. The van der Waals surface area contributed by atoms with Crippen LogP contribution in [0.1, 0.15) is 40.0 Å². The number of rotatable bonds is 7. The van der Waals surface area contributed by atoms with E-state index in [9.17, 15) is 9.59 Å². The smallest absolute Gasteiger partial charge is 0.396 e. The fourth-order valence-electron chi connectivity index (χ4n) is 3.24. The van der Waals surface area contributed by atoms with Crippen LogP contribution in [0.2, 0.25) is 0 Å². The third-order valence-corrected chi connectivity index (χ3v) is 5.39. The first kappa shape index (κ1) is 21.4. The highest BCUT2D eigenvalue weighted by atomic mass is 32.2. The highest BCUT2D eigenvalue weighted by Gasteiger charge is 2.21. The van der Waals surface area contributed by atoms with Gasteiger partial charge in [0.2, 0.25) is 0 Å². The number of esters is 1. The van der Waals surface area contributed by atoms with Gasteiger partial charge in [-0.05, 0) is 26.2 Å². The van der Waals surface area contributed by atoms with Gasteiger partial charge < -0.3 is 15.0 Å². The van der Waals surface area contributed by atoms with Crippen LogP contribution in [0.15, 0.2) is 11.4 Å². The van der Waals surface area contributed by atoms with Gasteiger partial charge in [-0.25, -0.2) is 19.4 Å². The Morgan fingerprint density at radius 3 is 2.69 bits per heavy atom. The summed E-state index contributed by atoms with van der Waals surface area (Å²) in [7, 11) is 0. The molecule has 0 aromatic carbocycles. The lowest BCUT2D eigenvalue weighted by Gasteiger charge is -2.28. The first-order valence-corrected chi connectivity index (χ1v) is 11.0. The molecule has 158 valence electrons. The van der Waals surface area contributed by atoms with Crippen LogP contribution in [-0.2, 0) is 20.9 Å². The van der Waals surface area contributed by atoms with E-state index in [4.69, 9.17) is 14.7 Å². The van der Waals surface area contributed by atoms with Crippen molar-refractivity contribution in [3.63, 3.8) is 0 Å². The summed E-state index contributed by atoms with van der Waals surface area (Å²) in [4.78, 5) is 35.0. The summed E-state index contributed by atoms with van der Waals surface area (Å²) >= 11 is 1.62. The number of thioether (sulfide) groups is 1. The Balaban J connectivity index is 1.81. The molecule has 3 heterocycles. The van der Waals surface area contributed by atoms with Crippen molar-refractivity contribution in [3.8, 4) is 0 Å². The number of hydrogen-bond acceptors (Lipinski definition) is 8. The number of carbonyl (C=O) groups is 2. The van der Waals surface area contributed by atoms with Gasteiger partial charge in [0.1, 0.15) is 5.82 Å². The van der Waals surface area contributed by atoms with E-state index >= 15 is 0 Å². The van der Waals surface area contributed by atoms with Gasteiger partial charge in [-0.15, -0.1) is 0 Å². The Labute approximate surface area is 174 Å². The van der Waals surface area contributed by atoms with E-state index in [2.05, 4.69) is 29.2 Å². The average molecular weight is 421 g/mol. The molecule has 2 aromatic heterocycles. The molecule has 0 saturated carbocycles. The van der Waals surface area contributed by atoms with Crippen molar-refractivity contribution in [1.29, 1.82) is 0 Å². The van der Waals surface area contributed by atoms with Crippen LogP contribution in [0.5, 0.6) is 0 Å². The van der Waals surface area contributed by atoms with Gasteiger partial charge in [0.05, 0.1) is 24.7 Å². The minimum atomic E-state index is -0.872. The van der Waals surface area contributed by atoms with Crippen LogP contribution in [0.25, 0.3) is 11.0 Å². The van der Waals surface area contributed by atoms with E-state index in [0.29, 0.717) is 11.8 Å². The first-order chi connectivity index (χ1) is 14.0. The van der Waals surface area contributed by atoms with Crippen molar-refractivity contribution < 1.29 is 14.3 Å². The lowest BCUT2D eigenvalue weighted by Crippen LogP contribution is -2.34. The van der Waals surface area contributed by atoms with E-state index in [1.54, 1.807) is 29.6 Å². The molecule has 0 unspecified atom stereocenters. The van der Waals surface area contributed by atoms with E-state index < -0.39 is 11.9 Å². The SMILES string of the molecule is CCOC(=O)C(=O)NCCn1ncc2c(N3CCCCC3)nc(SC(C)C)nc21. The van der Waals surface area contributed by atoms with Crippen LogP contribution in [0, 0.1) is 0 Å². The maximum atomic E-state index is 11.7. The number of fused-ring (bicyclic) bond motifs is 1. The Kier molecular flexibility index (Phi) is 7.29. The predicted molar refractivity (Wildman–Crippen MR) is 112 cm³/mol. The van der Waals surface area contributed by atoms with Gasteiger partial charge in [0.25, 0.3) is 0 Å². The van der Waals surface area contributed by atoms with Crippen LogP contribution in [0.3, 0.4) is 0 Å². The van der Waals surface area contributed by atoms with Gasteiger partial charge in [-0.2, -0.15) is 5.10 Å². The molecule has 0 spiro atoms. The van der Waals surface area contributed by atoms with Crippen LogP contribution in [0.4, 0.5) is 5.82 Å². The van der Waals surface area contributed by atoms with Crippen molar-refractivity contribution in [3.05, 3.63) is 6.20 Å². The Morgan fingerprint density at radius 2 is 2.00 bits per heavy atom. The summed E-state index contributed by atoms with van der Waals surface area (Å²) in [5, 5.41) is 9.03. The molecule has 1 saturated heterocycles. The van der Waals surface area contributed by atoms with Crippen molar-refractivity contribution in [2.24, 2.45) is 0 Å². The second-order valence-electron chi connectivity index (χ2n) is 7.13. The Hall–Kier alpha value is -2.36. The number of carbonyl (C=O) groups excluding carboxylic acids is 2. The monoisotopic (exact) mass is 420 g/mol. The lowest BCUT2D eigenvalue weighted by molar-refractivity contribution is -0.154. The molecule has 29 heavy (non-hydrogen) atoms. The van der Waals surface area contributed by atoms with Crippen molar-refractivity contribution in [1.82, 2.24) is 25.1 Å². The van der Waals surface area contributed by atoms with Gasteiger partial charge in [-0.3, -0.25) is 4.79 Å². The van der Waals surface area contributed by atoms with E-state index in [0.717, 1.165) is 47.9 Å². The third-order valence-electron chi connectivity index (χ3n) is 4.52. The summed E-state index contributed by atoms with van der Waals surface area (Å²) in [6.45, 7) is 8.68. The number of piperidine rings is 1. The molecule has 9 nitrogen and oxygen atoms in total. The van der Waals surface area contributed by atoms with Gasteiger partial charge in [-0.1, -0.05) is 25.6 Å². The largest absolute Gasteiger partial charge is 0.459 e. The number of hydrogen-bond donors (Lipinski definition) is 1. The second kappa shape index (κ2) is 9.91. The maximum absolute atomic E-state index is 11.7. The van der Waals surface area contributed by atoms with E-state index in [-0.39, 0.29) is 13.2 Å². The topological polar surface area (TPSA) is 102 Å². The molecule has 10 heteroatoms. The number of amides is 1. The van der Waals surface area contributed by atoms with Crippen molar-refractivity contribution in [2.45, 2.75) is 57.0 Å². The van der Waals surface area contributed by atoms with E-state index in [1.807, 2.05) is 0 Å². The molecule has 0 atom stereocenters. The van der Waals surface area contributed by atoms with E-state index in [1.165, 1.54) is 6.42 Å². The highest BCUT2D eigenvalue weighted by Crippen LogP contribution is 2.30. The summed E-state index contributed by atoms with van der Waals surface area (Å²) in [5.74, 6) is -0.689. The number of nitrogens with one attached hydrogen (secondary N) is 1. The fraction of sp³-hybridized carbons (Fsp3) is 0.632. The summed E-state index contributed by atoms with van der Waals surface area (Å²) in [6, 6.07) is 0. The van der Waals surface area contributed by atoms with Crippen LogP contribution >= 0.6 is 11.8 Å². The summed E-state index contributed by atoms with van der Waals surface area (Å²) in [6.07, 6.45) is 5.35. The molecule has 0 radical (unpaired) electrons. The zero-order chi connectivity index (χ0) is 20.8. The number of anilines is 1. The van der Waals surface area contributed by atoms with Crippen LogP contribution < -0.4 is 10.2 Å². The number of ether oxygens (including phenoxy) is 1. The minimum absolute atomic E-state index is 0.169. The molecule has 1 amide bonds.